The van der Waals surface area contributed by atoms with Gasteiger partial charge in [0.05, 0.1) is 0 Å². The van der Waals surface area contributed by atoms with E-state index in [4.69, 9.17) is 0 Å². The van der Waals surface area contributed by atoms with Gasteiger partial charge >= 0.3 is 0 Å². The molecule has 0 fully saturated rings. The molecule has 14 heavy (non-hydrogen) atoms. The van der Waals surface area contributed by atoms with Gasteiger partial charge in [-0.3, -0.25) is 0 Å². The van der Waals surface area contributed by atoms with E-state index in [0.29, 0.717) is 0 Å². The predicted molar refractivity (Wildman–Crippen MR) is 59.4 cm³/mol. The monoisotopic (exact) mass is 180 g/mol. The van der Waals surface area contributed by atoms with Crippen molar-refractivity contribution in [3.8, 4) is 11.1 Å². The Bertz CT molecular complexity index is 481. The van der Waals surface area contributed by atoms with Crippen LogP contribution in [0.1, 0.15) is 16.7 Å². The van der Waals surface area contributed by atoms with Gasteiger partial charge in [0.2, 0.25) is 0 Å². The molecule has 0 bridgehead atoms. The third kappa shape index (κ3) is 1.15. The summed E-state index contributed by atoms with van der Waals surface area (Å²) >= 11 is 0. The van der Waals surface area contributed by atoms with Gasteiger partial charge in [0.15, 0.2) is 0 Å². The van der Waals surface area contributed by atoms with Crippen molar-refractivity contribution in [3.63, 3.8) is 0 Å². The highest BCUT2D eigenvalue weighted by Crippen LogP contribution is 2.35. The lowest BCUT2D eigenvalue weighted by atomic mass is 10.0. The van der Waals surface area contributed by atoms with Crippen LogP contribution in [0.2, 0.25) is 0 Å². The minimum absolute atomic E-state index is 1.21. The minimum atomic E-state index is 1.21. The molecule has 2 aromatic rings. The van der Waals surface area contributed by atoms with Crippen LogP contribution in [-0.2, 0) is 6.42 Å². The summed E-state index contributed by atoms with van der Waals surface area (Å²) in [6.45, 7) is 2.21. The van der Waals surface area contributed by atoms with Crippen LogP contribution >= 0.6 is 0 Å². The van der Waals surface area contributed by atoms with E-state index in [1.807, 2.05) is 0 Å². The van der Waals surface area contributed by atoms with Crippen molar-refractivity contribution in [3.05, 3.63) is 59.2 Å². The van der Waals surface area contributed by atoms with E-state index in [-0.39, 0.29) is 0 Å². The van der Waals surface area contributed by atoms with Crippen LogP contribution in [0.25, 0.3) is 11.1 Å². The summed E-state index contributed by atoms with van der Waals surface area (Å²) < 4.78 is 0. The summed E-state index contributed by atoms with van der Waals surface area (Å²) in [5.74, 6) is 0. The topological polar surface area (TPSA) is 0 Å². The molecule has 0 N–H and O–H groups in total. The highest BCUT2D eigenvalue weighted by atomic mass is 14.2. The van der Waals surface area contributed by atoms with Gasteiger partial charge in [-0.25, -0.2) is 0 Å². The molecule has 0 heteroatoms. The van der Waals surface area contributed by atoms with Crippen molar-refractivity contribution in [1.82, 2.24) is 0 Å². The van der Waals surface area contributed by atoms with Gasteiger partial charge in [0, 0.05) is 0 Å². The highest BCUT2D eigenvalue weighted by Gasteiger charge is 2.19. The van der Waals surface area contributed by atoms with Crippen LogP contribution in [0.4, 0.5) is 0 Å². The molecule has 0 heterocycles. The van der Waals surface area contributed by atoms with Crippen LogP contribution in [0.5, 0.6) is 0 Å². The zero-order valence-corrected chi connectivity index (χ0v) is 8.25. The standard InChI is InChI=1S/C14H12/c1-10-7-12(8-13-9-14(10)13)11-5-3-2-4-6-11/h2-8H,9H2,1H3. The van der Waals surface area contributed by atoms with Gasteiger partial charge in [-0.2, -0.15) is 0 Å². The maximum atomic E-state index is 2.32. The fourth-order valence-corrected chi connectivity index (χ4v) is 2.02. The van der Waals surface area contributed by atoms with Crippen LogP contribution in [-0.4, -0.2) is 0 Å². The number of benzene rings is 2. The Balaban J connectivity index is 2.15. The van der Waals surface area contributed by atoms with Crippen LogP contribution in [0, 0.1) is 6.92 Å². The second-order valence-electron chi connectivity index (χ2n) is 3.97. The largest absolute Gasteiger partial charge is 0.0622 e. The summed E-state index contributed by atoms with van der Waals surface area (Å²) in [5.41, 5.74) is 7.22. The van der Waals surface area contributed by atoms with Crippen molar-refractivity contribution < 1.29 is 0 Å². The molecule has 0 saturated heterocycles. The second-order valence-corrected chi connectivity index (χ2v) is 3.97. The smallest absolute Gasteiger partial charge is 0.00171 e. The van der Waals surface area contributed by atoms with Gasteiger partial charge in [-0.1, -0.05) is 42.5 Å². The second kappa shape index (κ2) is 2.71. The van der Waals surface area contributed by atoms with Gasteiger partial charge < -0.3 is 0 Å². The number of aryl methyl sites for hydroxylation is 1. The first-order valence-electron chi connectivity index (χ1n) is 5.02. The van der Waals surface area contributed by atoms with Crippen LogP contribution in [0.3, 0.4) is 0 Å². The molecule has 68 valence electrons. The Morgan fingerprint density at radius 2 is 1.71 bits per heavy atom. The molecule has 1 aliphatic carbocycles. The Labute approximate surface area is 84.2 Å². The average Bonchev–Trinajstić information content (AvgIpc) is 2.99. The number of fused-ring (bicyclic) bond motifs is 1. The molecule has 0 amide bonds. The molecule has 0 atom stereocenters. The fourth-order valence-electron chi connectivity index (χ4n) is 2.02. The number of rotatable bonds is 1. The van der Waals surface area contributed by atoms with Crippen molar-refractivity contribution in [2.75, 3.05) is 0 Å². The van der Waals surface area contributed by atoms with Crippen LogP contribution in [0.15, 0.2) is 42.5 Å². The molecule has 1 aliphatic rings. The van der Waals surface area contributed by atoms with E-state index < -0.39 is 0 Å². The summed E-state index contributed by atoms with van der Waals surface area (Å²) in [6.07, 6.45) is 1.21. The van der Waals surface area contributed by atoms with Crippen molar-refractivity contribution in [2.45, 2.75) is 13.3 Å². The van der Waals surface area contributed by atoms with Crippen molar-refractivity contribution in [2.24, 2.45) is 0 Å². The Morgan fingerprint density at radius 3 is 2.43 bits per heavy atom. The normalized spacial score (nSPS) is 12.4. The van der Waals surface area contributed by atoms with Crippen molar-refractivity contribution >= 4 is 0 Å². The highest BCUT2D eigenvalue weighted by molar-refractivity contribution is 5.69. The van der Waals surface area contributed by atoms with E-state index in [0.717, 1.165) is 0 Å². The number of hydrogen-bond donors (Lipinski definition) is 0. The summed E-state index contributed by atoms with van der Waals surface area (Å²) in [5, 5.41) is 0. The summed E-state index contributed by atoms with van der Waals surface area (Å²) in [7, 11) is 0. The van der Waals surface area contributed by atoms with E-state index in [2.05, 4.69) is 49.4 Å². The summed E-state index contributed by atoms with van der Waals surface area (Å²) in [6, 6.07) is 15.2. The first-order valence-corrected chi connectivity index (χ1v) is 5.02. The molecule has 3 rings (SSSR count). The zero-order chi connectivity index (χ0) is 9.54. The maximum Gasteiger partial charge on any atom is -0.00171 e. The molecular weight excluding hydrogens is 168 g/mol. The molecular formula is C14H12. The maximum absolute atomic E-state index is 2.32. The molecule has 0 aliphatic heterocycles. The lowest BCUT2D eigenvalue weighted by molar-refractivity contribution is 1.45. The van der Waals surface area contributed by atoms with E-state index in [9.17, 15) is 0 Å². The molecule has 0 saturated carbocycles. The molecule has 0 spiro atoms. The third-order valence-electron chi connectivity index (χ3n) is 2.91. The molecule has 0 nitrogen and oxygen atoms in total. The van der Waals surface area contributed by atoms with E-state index in [1.54, 1.807) is 5.56 Å². The van der Waals surface area contributed by atoms with Gasteiger partial charge in [0.25, 0.3) is 0 Å². The lowest BCUT2D eigenvalue weighted by Gasteiger charge is -2.01. The fraction of sp³-hybridized carbons (Fsp3) is 0.143. The summed E-state index contributed by atoms with van der Waals surface area (Å²) in [4.78, 5) is 0. The van der Waals surface area contributed by atoms with E-state index in [1.165, 1.54) is 28.7 Å². The Kier molecular flexibility index (Phi) is 1.51. The molecule has 0 unspecified atom stereocenters. The lowest BCUT2D eigenvalue weighted by Crippen LogP contribution is -1.77. The minimum Gasteiger partial charge on any atom is -0.0622 e. The van der Waals surface area contributed by atoms with Gasteiger partial charge in [-0.05, 0) is 41.2 Å². The molecule has 2 aromatic carbocycles. The van der Waals surface area contributed by atoms with Crippen LogP contribution < -0.4 is 0 Å². The first-order chi connectivity index (χ1) is 6.84. The molecule has 0 radical (unpaired) electrons. The van der Waals surface area contributed by atoms with Gasteiger partial charge in [-0.15, -0.1) is 0 Å². The number of hydrogen-bond acceptors (Lipinski definition) is 0. The Morgan fingerprint density at radius 1 is 0.929 bits per heavy atom. The van der Waals surface area contributed by atoms with Crippen molar-refractivity contribution in [1.29, 1.82) is 0 Å². The third-order valence-corrected chi connectivity index (χ3v) is 2.91. The molecule has 0 aromatic heterocycles. The average molecular weight is 180 g/mol. The quantitative estimate of drug-likeness (QED) is 0.537. The van der Waals surface area contributed by atoms with E-state index >= 15 is 0 Å². The predicted octanol–water partition coefficient (Wildman–Crippen LogP) is 3.57. The zero-order valence-electron chi connectivity index (χ0n) is 8.25. The van der Waals surface area contributed by atoms with Gasteiger partial charge in [0.1, 0.15) is 0 Å². The SMILES string of the molecule is Cc1cc(-c2ccccc2)cc2c1C2. The Hall–Kier alpha value is -1.56. The first kappa shape index (κ1) is 7.81.